The van der Waals surface area contributed by atoms with E-state index in [4.69, 9.17) is 5.73 Å². The van der Waals surface area contributed by atoms with Gasteiger partial charge in [-0.05, 0) is 37.5 Å². The standard InChI is InChI=1S/C19H25N5O.2ClH/c1-19(20,15-8-4-3-5-9-15)18(25)23(2)16-10-7-13-24(14-16)17-11-6-12-21-22-17;;/h3-6,8-9,11-12,16H,7,10,13-14,20H2,1-2H3;2*1H. The van der Waals surface area contributed by atoms with E-state index < -0.39 is 5.54 Å². The summed E-state index contributed by atoms with van der Waals surface area (Å²) in [6.45, 7) is 3.45. The highest BCUT2D eigenvalue weighted by atomic mass is 35.5. The molecule has 2 atom stereocenters. The van der Waals surface area contributed by atoms with Gasteiger partial charge in [-0.3, -0.25) is 4.79 Å². The topological polar surface area (TPSA) is 75.3 Å². The average Bonchev–Trinajstić information content (AvgIpc) is 2.68. The number of carbonyl (C=O) groups excluding carboxylic acids is 1. The van der Waals surface area contributed by atoms with Gasteiger partial charge in [0.25, 0.3) is 0 Å². The van der Waals surface area contributed by atoms with Crippen LogP contribution in [-0.2, 0) is 10.3 Å². The Bertz CT molecular complexity index is 715. The van der Waals surface area contributed by atoms with Gasteiger partial charge in [0.05, 0.1) is 0 Å². The molecule has 148 valence electrons. The number of piperidine rings is 1. The first kappa shape index (κ1) is 23.1. The molecule has 8 heteroatoms. The van der Waals surface area contributed by atoms with Gasteiger partial charge in [0, 0.05) is 32.4 Å². The van der Waals surface area contributed by atoms with Crippen LogP contribution < -0.4 is 10.6 Å². The lowest BCUT2D eigenvalue weighted by molar-refractivity contribution is -0.137. The van der Waals surface area contributed by atoms with Gasteiger partial charge < -0.3 is 15.5 Å². The highest BCUT2D eigenvalue weighted by Gasteiger charge is 2.37. The molecule has 1 aromatic carbocycles. The zero-order valence-electron chi connectivity index (χ0n) is 15.6. The third-order valence-corrected chi connectivity index (χ3v) is 4.96. The second-order valence-electron chi connectivity index (χ2n) is 6.81. The monoisotopic (exact) mass is 411 g/mol. The predicted molar refractivity (Wildman–Crippen MR) is 113 cm³/mol. The molecule has 27 heavy (non-hydrogen) atoms. The highest BCUT2D eigenvalue weighted by molar-refractivity contribution is 5.87. The van der Waals surface area contributed by atoms with E-state index in [-0.39, 0.29) is 36.8 Å². The molecular formula is C19H27Cl2N5O. The molecule has 1 saturated heterocycles. The Morgan fingerprint density at radius 2 is 1.93 bits per heavy atom. The Labute approximate surface area is 173 Å². The Kier molecular flexibility index (Phi) is 8.47. The molecule has 2 aromatic rings. The van der Waals surface area contributed by atoms with Gasteiger partial charge in [-0.15, -0.1) is 29.9 Å². The van der Waals surface area contributed by atoms with E-state index in [0.717, 1.165) is 37.3 Å². The number of hydrogen-bond donors (Lipinski definition) is 1. The van der Waals surface area contributed by atoms with E-state index in [1.807, 2.05) is 49.5 Å². The van der Waals surface area contributed by atoms with Crippen molar-refractivity contribution in [1.29, 1.82) is 0 Å². The number of anilines is 1. The number of halogens is 2. The number of amides is 1. The van der Waals surface area contributed by atoms with Gasteiger partial charge in [-0.25, -0.2) is 0 Å². The Hall–Kier alpha value is -1.89. The number of carbonyl (C=O) groups is 1. The molecule has 0 saturated carbocycles. The Morgan fingerprint density at radius 1 is 1.22 bits per heavy atom. The van der Waals surface area contributed by atoms with Gasteiger partial charge in [0.2, 0.25) is 5.91 Å². The molecule has 3 rings (SSSR count). The summed E-state index contributed by atoms with van der Waals surface area (Å²) in [6, 6.07) is 13.5. The number of likely N-dealkylation sites (N-methyl/N-ethyl adjacent to an activating group) is 1. The van der Waals surface area contributed by atoms with Gasteiger partial charge in [-0.1, -0.05) is 30.3 Å². The van der Waals surface area contributed by atoms with Crippen LogP contribution in [0.5, 0.6) is 0 Å². The number of nitrogens with two attached hydrogens (primary N) is 1. The molecule has 1 aliphatic rings. The van der Waals surface area contributed by atoms with Crippen molar-refractivity contribution in [2.75, 3.05) is 25.0 Å². The molecule has 0 radical (unpaired) electrons. The number of benzene rings is 1. The third kappa shape index (κ3) is 5.09. The number of rotatable bonds is 4. The van der Waals surface area contributed by atoms with Gasteiger partial charge in [0.1, 0.15) is 5.54 Å². The van der Waals surface area contributed by atoms with E-state index in [0.29, 0.717) is 0 Å². The molecule has 1 aliphatic heterocycles. The van der Waals surface area contributed by atoms with E-state index in [1.165, 1.54) is 0 Å². The second kappa shape index (κ2) is 9.88. The summed E-state index contributed by atoms with van der Waals surface area (Å²) >= 11 is 0. The van der Waals surface area contributed by atoms with Crippen LogP contribution in [0, 0.1) is 0 Å². The molecule has 2 unspecified atom stereocenters. The van der Waals surface area contributed by atoms with Crippen LogP contribution in [-0.4, -0.2) is 47.2 Å². The van der Waals surface area contributed by atoms with Crippen LogP contribution in [0.25, 0.3) is 0 Å². The van der Waals surface area contributed by atoms with Gasteiger partial charge >= 0.3 is 0 Å². The van der Waals surface area contributed by atoms with Crippen LogP contribution in [0.1, 0.15) is 25.3 Å². The highest BCUT2D eigenvalue weighted by Crippen LogP contribution is 2.25. The van der Waals surface area contributed by atoms with Crippen molar-refractivity contribution in [2.45, 2.75) is 31.3 Å². The van der Waals surface area contributed by atoms with Crippen molar-refractivity contribution >= 4 is 36.5 Å². The predicted octanol–water partition coefficient (Wildman–Crippen LogP) is 2.62. The summed E-state index contributed by atoms with van der Waals surface area (Å²) in [5.74, 6) is 0.788. The first-order valence-corrected chi connectivity index (χ1v) is 8.64. The van der Waals surface area contributed by atoms with E-state index >= 15 is 0 Å². The smallest absolute Gasteiger partial charge is 0.247 e. The van der Waals surface area contributed by atoms with Crippen molar-refractivity contribution in [1.82, 2.24) is 15.1 Å². The number of nitrogens with zero attached hydrogens (tertiary/aromatic N) is 4. The fraction of sp³-hybridized carbons (Fsp3) is 0.421. The summed E-state index contributed by atoms with van der Waals surface area (Å²) in [6.07, 6.45) is 3.63. The molecule has 1 fully saturated rings. The largest absolute Gasteiger partial charge is 0.353 e. The molecule has 0 bridgehead atoms. The summed E-state index contributed by atoms with van der Waals surface area (Å²) in [4.78, 5) is 17.0. The first-order chi connectivity index (χ1) is 12.0. The maximum absolute atomic E-state index is 13.1. The lowest BCUT2D eigenvalue weighted by Crippen LogP contribution is -2.56. The normalized spacial score (nSPS) is 18.5. The van der Waals surface area contributed by atoms with Crippen molar-refractivity contribution in [3.8, 4) is 0 Å². The third-order valence-electron chi connectivity index (χ3n) is 4.96. The molecule has 1 amide bonds. The summed E-state index contributed by atoms with van der Waals surface area (Å²) in [5.41, 5.74) is 6.20. The fourth-order valence-electron chi connectivity index (χ4n) is 3.38. The minimum absolute atomic E-state index is 0. The van der Waals surface area contributed by atoms with Crippen molar-refractivity contribution < 1.29 is 4.79 Å². The molecular weight excluding hydrogens is 385 g/mol. The van der Waals surface area contributed by atoms with Crippen LogP contribution in [0.2, 0.25) is 0 Å². The van der Waals surface area contributed by atoms with Gasteiger partial charge in [0.15, 0.2) is 5.82 Å². The van der Waals surface area contributed by atoms with Crippen LogP contribution in [0.3, 0.4) is 0 Å². The fourth-order valence-corrected chi connectivity index (χ4v) is 3.38. The minimum Gasteiger partial charge on any atom is -0.353 e. The lowest BCUT2D eigenvalue weighted by atomic mass is 9.90. The maximum Gasteiger partial charge on any atom is 0.247 e. The van der Waals surface area contributed by atoms with E-state index in [9.17, 15) is 4.79 Å². The zero-order chi connectivity index (χ0) is 17.9. The lowest BCUT2D eigenvalue weighted by Gasteiger charge is -2.40. The van der Waals surface area contributed by atoms with Crippen molar-refractivity contribution in [2.24, 2.45) is 5.73 Å². The minimum atomic E-state index is -1.04. The maximum atomic E-state index is 13.1. The van der Waals surface area contributed by atoms with Crippen molar-refractivity contribution in [3.63, 3.8) is 0 Å². The van der Waals surface area contributed by atoms with Crippen LogP contribution in [0.4, 0.5) is 5.82 Å². The van der Waals surface area contributed by atoms with Crippen LogP contribution >= 0.6 is 24.8 Å². The quantitative estimate of drug-likeness (QED) is 0.836. The SMILES string of the molecule is CN(C(=O)C(C)(N)c1ccccc1)C1CCCN(c2cccnn2)C1.Cl.Cl. The summed E-state index contributed by atoms with van der Waals surface area (Å²) in [5, 5.41) is 8.14. The van der Waals surface area contributed by atoms with Gasteiger partial charge in [-0.2, -0.15) is 5.10 Å². The molecule has 2 N–H and O–H groups in total. The molecule has 2 heterocycles. The zero-order valence-corrected chi connectivity index (χ0v) is 17.2. The van der Waals surface area contributed by atoms with Crippen molar-refractivity contribution in [3.05, 3.63) is 54.2 Å². The molecule has 0 aliphatic carbocycles. The molecule has 0 spiro atoms. The number of aromatic nitrogens is 2. The summed E-state index contributed by atoms with van der Waals surface area (Å²) < 4.78 is 0. The summed E-state index contributed by atoms with van der Waals surface area (Å²) in [7, 11) is 1.85. The molecule has 6 nitrogen and oxygen atoms in total. The Balaban J connectivity index is 0.00000182. The van der Waals surface area contributed by atoms with E-state index in [1.54, 1.807) is 18.0 Å². The first-order valence-electron chi connectivity index (χ1n) is 8.64. The van der Waals surface area contributed by atoms with Crippen LogP contribution in [0.15, 0.2) is 48.7 Å². The average molecular weight is 412 g/mol. The molecule has 1 aromatic heterocycles. The second-order valence-corrected chi connectivity index (χ2v) is 6.81. The van der Waals surface area contributed by atoms with E-state index in [2.05, 4.69) is 15.1 Å². The Morgan fingerprint density at radius 3 is 2.56 bits per heavy atom. The number of hydrogen-bond acceptors (Lipinski definition) is 5.